The highest BCUT2D eigenvalue weighted by atomic mass is 35.5. The van der Waals surface area contributed by atoms with E-state index in [1.54, 1.807) is 12.3 Å². The number of benzene rings is 1. The Balaban J connectivity index is 1.92. The van der Waals surface area contributed by atoms with Gasteiger partial charge in [0.05, 0.1) is 16.4 Å². The van der Waals surface area contributed by atoms with Crippen LogP contribution in [-0.4, -0.2) is 46.6 Å². The van der Waals surface area contributed by atoms with Gasteiger partial charge in [-0.3, -0.25) is 4.72 Å². The lowest BCUT2D eigenvalue weighted by atomic mass is 10.2. The van der Waals surface area contributed by atoms with Gasteiger partial charge in [0.1, 0.15) is 10.7 Å². The number of hydrogen-bond donors (Lipinski definition) is 4. The number of nitrogens with zero attached hydrogens (tertiary/aromatic N) is 1. The summed E-state index contributed by atoms with van der Waals surface area (Å²) in [5.41, 5.74) is 1.05. The third kappa shape index (κ3) is 6.85. The molecule has 0 fully saturated rings. The topological polar surface area (TPSA) is 95.1 Å². The number of halogens is 2. The number of thiazole rings is 1. The monoisotopic (exact) mass is 449 g/mol. The van der Waals surface area contributed by atoms with Gasteiger partial charge in [-0.05, 0) is 45.5 Å². The summed E-state index contributed by atoms with van der Waals surface area (Å²) in [6, 6.07) is 2.22. The molecule has 2 aromatic rings. The molecule has 0 saturated heterocycles. The van der Waals surface area contributed by atoms with Crippen molar-refractivity contribution in [3.05, 3.63) is 34.0 Å². The molecular weight excluding hydrogens is 425 g/mol. The van der Waals surface area contributed by atoms with Crippen molar-refractivity contribution in [3.63, 3.8) is 0 Å². The molecule has 1 aromatic heterocycles. The number of hydrogen-bond acceptors (Lipinski definition) is 7. The van der Waals surface area contributed by atoms with Crippen LogP contribution >= 0.6 is 22.9 Å². The van der Waals surface area contributed by atoms with E-state index in [1.165, 1.54) is 0 Å². The van der Waals surface area contributed by atoms with Crippen LogP contribution in [-0.2, 0) is 10.0 Å². The van der Waals surface area contributed by atoms with E-state index < -0.39 is 20.7 Å². The summed E-state index contributed by atoms with van der Waals surface area (Å²) in [6.45, 7) is 5.07. The summed E-state index contributed by atoms with van der Waals surface area (Å²) >= 11 is 7.29. The quantitative estimate of drug-likeness (QED) is 0.372. The molecule has 0 unspecified atom stereocenters. The van der Waals surface area contributed by atoms with Crippen LogP contribution in [0.15, 0.2) is 22.4 Å². The molecule has 0 bridgehead atoms. The molecule has 4 N–H and O–H groups in total. The van der Waals surface area contributed by atoms with Crippen molar-refractivity contribution in [3.8, 4) is 0 Å². The number of nitrogens with one attached hydrogen (secondary N) is 4. The molecule has 156 valence electrons. The summed E-state index contributed by atoms with van der Waals surface area (Å²) in [5, 5.41) is 11.4. The lowest BCUT2D eigenvalue weighted by Gasteiger charge is -2.12. The Morgan fingerprint density at radius 1 is 1.18 bits per heavy atom. The summed E-state index contributed by atoms with van der Waals surface area (Å²) in [5.74, 6) is -0.874. The van der Waals surface area contributed by atoms with E-state index in [-0.39, 0.29) is 10.2 Å². The minimum absolute atomic E-state index is 0.143. The van der Waals surface area contributed by atoms with E-state index in [9.17, 15) is 12.8 Å². The van der Waals surface area contributed by atoms with Gasteiger partial charge in [-0.1, -0.05) is 11.6 Å². The number of aromatic nitrogens is 1. The molecule has 2 rings (SSSR count). The average Bonchev–Trinajstić information content (AvgIpc) is 3.03. The second-order valence-corrected chi connectivity index (χ2v) is 9.07. The fraction of sp³-hybridized carbons (Fsp3) is 0.471. The molecule has 0 radical (unpaired) electrons. The number of anilines is 2. The highest BCUT2D eigenvalue weighted by Crippen LogP contribution is 2.29. The van der Waals surface area contributed by atoms with E-state index in [0.29, 0.717) is 17.9 Å². The Kier molecular flexibility index (Phi) is 8.90. The molecule has 1 heterocycles. The molecule has 1 aromatic carbocycles. The zero-order valence-corrected chi connectivity index (χ0v) is 18.2. The molecule has 28 heavy (non-hydrogen) atoms. The third-order valence-corrected chi connectivity index (χ3v) is 6.47. The van der Waals surface area contributed by atoms with Gasteiger partial charge in [-0.25, -0.2) is 17.8 Å². The smallest absolute Gasteiger partial charge is 0.266 e. The molecule has 0 atom stereocenters. The highest BCUT2D eigenvalue weighted by Gasteiger charge is 2.22. The summed E-state index contributed by atoms with van der Waals surface area (Å²) < 4.78 is 41.6. The summed E-state index contributed by atoms with van der Waals surface area (Å²) in [7, 11) is -2.21. The first-order valence-corrected chi connectivity index (χ1v) is 11.6. The lowest BCUT2D eigenvalue weighted by Crippen LogP contribution is -2.25. The molecule has 11 heteroatoms. The van der Waals surface area contributed by atoms with Crippen LogP contribution in [0.4, 0.5) is 15.2 Å². The molecule has 0 spiro atoms. The van der Waals surface area contributed by atoms with Gasteiger partial charge in [-0.15, -0.1) is 11.3 Å². The number of rotatable bonds is 12. The van der Waals surface area contributed by atoms with Crippen LogP contribution in [0.3, 0.4) is 0 Å². The van der Waals surface area contributed by atoms with Crippen LogP contribution in [0.1, 0.15) is 18.5 Å². The fourth-order valence-corrected chi connectivity index (χ4v) is 4.70. The molecule has 0 aliphatic carbocycles. The predicted molar refractivity (Wildman–Crippen MR) is 114 cm³/mol. The lowest BCUT2D eigenvalue weighted by molar-refractivity contribution is 0.570. The summed E-state index contributed by atoms with van der Waals surface area (Å²) in [4.78, 5) is 3.51. The van der Waals surface area contributed by atoms with Gasteiger partial charge < -0.3 is 16.0 Å². The van der Waals surface area contributed by atoms with Crippen LogP contribution in [0.5, 0.6) is 0 Å². The van der Waals surface area contributed by atoms with Crippen molar-refractivity contribution >= 4 is 43.8 Å². The van der Waals surface area contributed by atoms with E-state index in [0.717, 1.165) is 55.9 Å². The first-order chi connectivity index (χ1) is 13.3. The fourth-order valence-electron chi connectivity index (χ4n) is 2.38. The van der Waals surface area contributed by atoms with Crippen LogP contribution in [0, 0.1) is 12.7 Å². The Bertz CT molecular complexity index is 876. The zero-order chi connectivity index (χ0) is 20.6. The second kappa shape index (κ2) is 10.9. The van der Waals surface area contributed by atoms with Crippen LogP contribution in [0.25, 0.3) is 0 Å². The maximum Gasteiger partial charge on any atom is 0.266 e. The molecule has 7 nitrogen and oxygen atoms in total. The van der Waals surface area contributed by atoms with Crippen LogP contribution < -0.4 is 20.7 Å². The van der Waals surface area contributed by atoms with Crippen molar-refractivity contribution in [1.29, 1.82) is 0 Å². The van der Waals surface area contributed by atoms with Gasteiger partial charge in [0, 0.05) is 25.0 Å². The molecule has 0 aliphatic rings. The second-order valence-electron chi connectivity index (χ2n) is 6.15. The maximum absolute atomic E-state index is 14.4. The van der Waals surface area contributed by atoms with Gasteiger partial charge in [0.2, 0.25) is 0 Å². The van der Waals surface area contributed by atoms with Gasteiger partial charge in [-0.2, -0.15) is 0 Å². The zero-order valence-electron chi connectivity index (χ0n) is 15.8. The molecule has 0 amide bonds. The molecular formula is C17H25ClFN5O2S2. The minimum Gasteiger partial charge on any atom is -0.384 e. The Morgan fingerprint density at radius 2 is 1.93 bits per heavy atom. The molecule has 0 aliphatic heterocycles. The first-order valence-electron chi connectivity index (χ1n) is 8.86. The van der Waals surface area contributed by atoms with Crippen molar-refractivity contribution in [2.24, 2.45) is 0 Å². The van der Waals surface area contributed by atoms with Gasteiger partial charge in [0.25, 0.3) is 10.0 Å². The number of sulfonamides is 1. The predicted octanol–water partition coefficient (Wildman–Crippen LogP) is 3.05. The number of unbranched alkanes of at least 4 members (excludes halogenated alkanes) is 1. The Morgan fingerprint density at radius 3 is 2.61 bits per heavy atom. The standard InChI is InChI=1S/C17H25ClFN5O2S2/c1-12-11-27-17(23-12)24-28(25,26)16-9-13(18)15(10-14(16)19)22-6-4-3-5-21-8-7-20-2/h9-11,20-22H,3-8H2,1-2H3,(H,23,24). The molecule has 0 saturated carbocycles. The van der Waals surface area contributed by atoms with Crippen LogP contribution in [0.2, 0.25) is 5.02 Å². The normalized spacial score (nSPS) is 11.6. The Hall–Kier alpha value is -1.46. The van der Waals surface area contributed by atoms with E-state index >= 15 is 0 Å². The number of likely N-dealkylation sites (N-methyl/N-ethyl adjacent to an activating group) is 1. The van der Waals surface area contributed by atoms with E-state index in [2.05, 4.69) is 25.7 Å². The van der Waals surface area contributed by atoms with Gasteiger partial charge in [0.15, 0.2) is 5.13 Å². The average molecular weight is 450 g/mol. The van der Waals surface area contributed by atoms with Crippen molar-refractivity contribution in [2.45, 2.75) is 24.7 Å². The highest BCUT2D eigenvalue weighted by molar-refractivity contribution is 7.93. The van der Waals surface area contributed by atoms with Crippen molar-refractivity contribution in [2.75, 3.05) is 43.3 Å². The minimum atomic E-state index is -4.11. The summed E-state index contributed by atoms with van der Waals surface area (Å²) in [6.07, 6.45) is 1.83. The Labute approximate surface area is 174 Å². The van der Waals surface area contributed by atoms with Gasteiger partial charge >= 0.3 is 0 Å². The first kappa shape index (κ1) is 22.8. The van der Waals surface area contributed by atoms with Crippen molar-refractivity contribution in [1.82, 2.24) is 15.6 Å². The SMILES string of the molecule is CNCCNCCCCNc1cc(F)c(S(=O)(=O)Nc2nc(C)cs2)cc1Cl. The third-order valence-electron chi connectivity index (χ3n) is 3.80. The maximum atomic E-state index is 14.4. The number of aryl methyl sites for hydroxylation is 1. The largest absolute Gasteiger partial charge is 0.384 e. The van der Waals surface area contributed by atoms with Crippen molar-refractivity contribution < 1.29 is 12.8 Å². The van der Waals surface area contributed by atoms with E-state index in [1.807, 2.05) is 7.05 Å². The van der Waals surface area contributed by atoms with E-state index in [4.69, 9.17) is 11.6 Å².